The summed E-state index contributed by atoms with van der Waals surface area (Å²) >= 11 is 6.64. The second-order valence-electron chi connectivity index (χ2n) is 6.29. The molecular weight excluding hydrogens is 344 g/mol. The molecule has 6 heteroatoms. The van der Waals surface area contributed by atoms with E-state index in [9.17, 15) is 8.42 Å². The molecule has 0 fully saturated rings. The van der Waals surface area contributed by atoms with E-state index in [0.29, 0.717) is 5.56 Å². The van der Waals surface area contributed by atoms with Crippen molar-refractivity contribution in [2.24, 2.45) is 11.7 Å². The van der Waals surface area contributed by atoms with Gasteiger partial charge in [-0.1, -0.05) is 74.5 Å². The minimum atomic E-state index is -3.60. The maximum absolute atomic E-state index is 12.5. The summed E-state index contributed by atoms with van der Waals surface area (Å²) in [5.41, 5.74) is 6.45. The fourth-order valence-corrected chi connectivity index (χ4v) is 4.70. The number of alkyl halides is 1. The summed E-state index contributed by atoms with van der Waals surface area (Å²) < 4.78 is 27.7. The van der Waals surface area contributed by atoms with Crippen LogP contribution in [0.1, 0.15) is 30.4 Å². The number of benzene rings is 2. The Kier molecular flexibility index (Phi) is 6.04. The Morgan fingerprint density at radius 1 is 1.04 bits per heavy atom. The first-order valence-electron chi connectivity index (χ1n) is 7.79. The number of nitrogens with one attached hydrogen (secondary N) is 1. The SMILES string of the molecule is CC(C)CS(=O)(=O)N[C@@](N)(c1ccccc1)[C@@H](Cl)c1ccccc1. The highest BCUT2D eigenvalue weighted by Gasteiger charge is 2.40. The lowest BCUT2D eigenvalue weighted by Gasteiger charge is -2.35. The molecule has 2 aromatic rings. The van der Waals surface area contributed by atoms with Crippen LogP contribution in [0.15, 0.2) is 60.7 Å². The van der Waals surface area contributed by atoms with Crippen molar-refractivity contribution in [3.63, 3.8) is 0 Å². The van der Waals surface area contributed by atoms with Gasteiger partial charge in [-0.2, -0.15) is 4.72 Å². The van der Waals surface area contributed by atoms with Crippen LogP contribution in [-0.2, 0) is 15.7 Å². The van der Waals surface area contributed by atoms with Gasteiger partial charge in [-0.3, -0.25) is 0 Å². The third-order valence-electron chi connectivity index (χ3n) is 3.62. The standard InChI is InChI=1S/C18H23ClN2O2S/c1-14(2)13-24(22,23)21-18(20,16-11-7-4-8-12-16)17(19)15-9-5-3-6-10-15/h3-12,14,17,21H,13,20H2,1-2H3/t17-,18-/m0/s1. The molecule has 4 nitrogen and oxygen atoms in total. The minimum absolute atomic E-state index is 0.0167. The predicted molar refractivity (Wildman–Crippen MR) is 99.1 cm³/mol. The molecule has 2 aromatic carbocycles. The summed E-state index contributed by atoms with van der Waals surface area (Å²) in [4.78, 5) is 0. The monoisotopic (exact) mass is 366 g/mol. The zero-order valence-electron chi connectivity index (χ0n) is 13.8. The van der Waals surface area contributed by atoms with Crippen LogP contribution in [0.2, 0.25) is 0 Å². The van der Waals surface area contributed by atoms with Gasteiger partial charge in [0.1, 0.15) is 5.66 Å². The van der Waals surface area contributed by atoms with Gasteiger partial charge in [0.2, 0.25) is 10.0 Å². The van der Waals surface area contributed by atoms with Crippen LogP contribution in [0.3, 0.4) is 0 Å². The van der Waals surface area contributed by atoms with Gasteiger partial charge < -0.3 is 5.73 Å². The first-order valence-corrected chi connectivity index (χ1v) is 9.88. The van der Waals surface area contributed by atoms with Crippen LogP contribution in [0, 0.1) is 5.92 Å². The Morgan fingerprint density at radius 3 is 2.04 bits per heavy atom. The van der Waals surface area contributed by atoms with Crippen LogP contribution in [0.4, 0.5) is 0 Å². The Morgan fingerprint density at radius 2 is 1.54 bits per heavy atom. The van der Waals surface area contributed by atoms with Gasteiger partial charge in [-0.05, 0) is 17.0 Å². The average Bonchev–Trinajstić information content (AvgIpc) is 2.54. The van der Waals surface area contributed by atoms with Crippen LogP contribution in [0.25, 0.3) is 0 Å². The fourth-order valence-electron chi connectivity index (χ4n) is 2.59. The zero-order chi connectivity index (χ0) is 17.8. The number of sulfonamides is 1. The molecule has 0 bridgehead atoms. The molecule has 0 spiro atoms. The smallest absolute Gasteiger partial charge is 0.213 e. The summed E-state index contributed by atoms with van der Waals surface area (Å²) in [6.07, 6.45) is 0. The fraction of sp³-hybridized carbons (Fsp3) is 0.333. The molecule has 3 N–H and O–H groups in total. The van der Waals surface area contributed by atoms with Gasteiger partial charge >= 0.3 is 0 Å². The van der Waals surface area contributed by atoms with E-state index in [1.54, 1.807) is 12.1 Å². The maximum atomic E-state index is 12.5. The van der Waals surface area contributed by atoms with Gasteiger partial charge in [0.25, 0.3) is 0 Å². The second-order valence-corrected chi connectivity index (χ2v) is 8.49. The van der Waals surface area contributed by atoms with E-state index in [1.165, 1.54) is 0 Å². The van der Waals surface area contributed by atoms with E-state index >= 15 is 0 Å². The lowest BCUT2D eigenvalue weighted by molar-refractivity contribution is 0.390. The molecule has 2 atom stereocenters. The van der Waals surface area contributed by atoms with E-state index in [1.807, 2.05) is 62.4 Å². The van der Waals surface area contributed by atoms with E-state index in [0.717, 1.165) is 5.56 Å². The number of halogens is 1. The molecule has 0 aliphatic carbocycles. The van der Waals surface area contributed by atoms with E-state index in [-0.39, 0.29) is 11.7 Å². The Labute approximate surface area is 149 Å². The summed E-state index contributed by atoms with van der Waals surface area (Å²) in [5.74, 6) is -0.0370. The van der Waals surface area contributed by atoms with Crippen molar-refractivity contribution < 1.29 is 8.42 Å². The van der Waals surface area contributed by atoms with Gasteiger partial charge in [-0.15, -0.1) is 11.6 Å². The predicted octanol–water partition coefficient (Wildman–Crippen LogP) is 3.35. The molecule has 0 radical (unpaired) electrons. The number of hydrogen-bond acceptors (Lipinski definition) is 3. The van der Waals surface area contributed by atoms with Gasteiger partial charge in [0.05, 0.1) is 11.1 Å². The largest absolute Gasteiger partial charge is 0.307 e. The lowest BCUT2D eigenvalue weighted by Crippen LogP contribution is -2.56. The summed E-state index contributed by atoms with van der Waals surface area (Å²) in [6, 6.07) is 18.2. The Balaban J connectivity index is 2.46. The van der Waals surface area contributed by atoms with Crippen LogP contribution >= 0.6 is 11.6 Å². The van der Waals surface area contributed by atoms with Crippen molar-refractivity contribution >= 4 is 21.6 Å². The summed E-state index contributed by atoms with van der Waals surface area (Å²) in [7, 11) is -3.60. The molecule has 2 rings (SSSR count). The topological polar surface area (TPSA) is 72.2 Å². The zero-order valence-corrected chi connectivity index (χ0v) is 15.4. The Hall–Kier alpha value is -1.40. The Bertz CT molecular complexity index is 751. The molecule has 0 aliphatic heterocycles. The van der Waals surface area contributed by atoms with Gasteiger partial charge in [-0.25, -0.2) is 8.42 Å². The van der Waals surface area contributed by atoms with Crippen LogP contribution in [0.5, 0.6) is 0 Å². The van der Waals surface area contributed by atoms with E-state index in [2.05, 4.69) is 4.72 Å². The molecule has 130 valence electrons. The molecular formula is C18H23ClN2O2S. The van der Waals surface area contributed by atoms with Crippen molar-refractivity contribution in [3.05, 3.63) is 71.8 Å². The van der Waals surface area contributed by atoms with Crippen molar-refractivity contribution in [3.8, 4) is 0 Å². The van der Waals surface area contributed by atoms with Crippen LogP contribution < -0.4 is 10.5 Å². The second kappa shape index (κ2) is 7.66. The number of nitrogens with two attached hydrogens (primary N) is 1. The molecule has 0 aromatic heterocycles. The van der Waals surface area contributed by atoms with E-state index < -0.39 is 21.1 Å². The van der Waals surface area contributed by atoms with Crippen LogP contribution in [-0.4, -0.2) is 14.2 Å². The maximum Gasteiger partial charge on any atom is 0.213 e. The molecule has 0 unspecified atom stereocenters. The third-order valence-corrected chi connectivity index (χ3v) is 5.97. The van der Waals surface area contributed by atoms with E-state index in [4.69, 9.17) is 17.3 Å². The first kappa shape index (κ1) is 18.9. The van der Waals surface area contributed by atoms with Crippen molar-refractivity contribution in [2.45, 2.75) is 24.9 Å². The quantitative estimate of drug-likeness (QED) is 0.583. The average molecular weight is 367 g/mol. The number of hydrogen-bond donors (Lipinski definition) is 2. The number of rotatable bonds is 7. The van der Waals surface area contributed by atoms with Gasteiger partial charge in [0, 0.05) is 0 Å². The van der Waals surface area contributed by atoms with Crippen molar-refractivity contribution in [2.75, 3.05) is 5.75 Å². The minimum Gasteiger partial charge on any atom is -0.307 e. The van der Waals surface area contributed by atoms with Crippen molar-refractivity contribution in [1.82, 2.24) is 4.72 Å². The third kappa shape index (κ3) is 4.57. The molecule has 0 saturated heterocycles. The lowest BCUT2D eigenvalue weighted by atomic mass is 9.93. The highest BCUT2D eigenvalue weighted by atomic mass is 35.5. The highest BCUT2D eigenvalue weighted by Crippen LogP contribution is 2.36. The molecule has 0 saturated carbocycles. The first-order chi connectivity index (χ1) is 11.2. The highest BCUT2D eigenvalue weighted by molar-refractivity contribution is 7.89. The van der Waals surface area contributed by atoms with Crippen molar-refractivity contribution in [1.29, 1.82) is 0 Å². The normalized spacial score (nSPS) is 15.9. The molecule has 0 amide bonds. The van der Waals surface area contributed by atoms with Gasteiger partial charge in [0.15, 0.2) is 0 Å². The summed E-state index contributed by atoms with van der Waals surface area (Å²) in [6.45, 7) is 3.69. The molecule has 24 heavy (non-hydrogen) atoms. The molecule has 0 aliphatic rings. The molecule has 0 heterocycles. The summed E-state index contributed by atoms with van der Waals surface area (Å²) in [5, 5.41) is -0.761.